The molecule has 3 N–H and O–H groups in total. The lowest BCUT2D eigenvalue weighted by Crippen LogP contribution is -2.05. The molecule has 0 aliphatic heterocycles. The minimum absolute atomic E-state index is 0.101. The van der Waals surface area contributed by atoms with Crippen molar-refractivity contribution in [2.75, 3.05) is 5.73 Å². The fourth-order valence-electron chi connectivity index (χ4n) is 3.35. The van der Waals surface area contributed by atoms with Crippen molar-refractivity contribution in [3.63, 3.8) is 0 Å². The molecule has 1 aromatic heterocycles. The van der Waals surface area contributed by atoms with Crippen molar-refractivity contribution in [2.24, 2.45) is 10.2 Å². The molecule has 4 rings (SSSR count). The van der Waals surface area contributed by atoms with Gasteiger partial charge in [-0.1, -0.05) is 24.3 Å². The van der Waals surface area contributed by atoms with Crippen LogP contribution in [0.1, 0.15) is 13.8 Å². The minimum Gasteiger partial charge on any atom is -0.491 e. The van der Waals surface area contributed by atoms with Crippen LogP contribution < -0.4 is 10.5 Å². The number of benzene rings is 3. The van der Waals surface area contributed by atoms with E-state index in [0.717, 1.165) is 17.0 Å². The third-order valence-corrected chi connectivity index (χ3v) is 5.74. The van der Waals surface area contributed by atoms with E-state index in [1.165, 1.54) is 6.07 Å². The maximum atomic E-state index is 11.9. The van der Waals surface area contributed by atoms with Gasteiger partial charge in [-0.3, -0.25) is 9.54 Å². The van der Waals surface area contributed by atoms with Crippen LogP contribution in [0.15, 0.2) is 88.1 Å². The van der Waals surface area contributed by atoms with Gasteiger partial charge in [-0.25, -0.2) is 0 Å². The lowest BCUT2D eigenvalue weighted by Gasteiger charge is -2.10. The second-order valence-electron chi connectivity index (χ2n) is 7.62. The van der Waals surface area contributed by atoms with Crippen LogP contribution in [0.25, 0.3) is 22.0 Å². The quantitative estimate of drug-likeness (QED) is 0.208. The first-order chi connectivity index (χ1) is 15.7. The first-order valence-electron chi connectivity index (χ1n) is 10.2. The smallest absolute Gasteiger partial charge is 0.295 e. The van der Waals surface area contributed by atoms with Crippen molar-refractivity contribution < 1.29 is 17.7 Å². The summed E-state index contributed by atoms with van der Waals surface area (Å²) in [6.45, 7) is 3.94. The Kier molecular flexibility index (Phi) is 6.08. The summed E-state index contributed by atoms with van der Waals surface area (Å²) in [5.74, 6) is 0.788. The van der Waals surface area contributed by atoms with Crippen LogP contribution in [0.4, 0.5) is 17.1 Å². The fraction of sp³-hybridized carbons (Fsp3) is 0.125. The lowest BCUT2D eigenvalue weighted by molar-refractivity contribution is 0.242. The van der Waals surface area contributed by atoms with Crippen LogP contribution in [0, 0.1) is 0 Å². The third kappa shape index (κ3) is 5.00. The molecule has 3 aromatic carbocycles. The molecule has 168 valence electrons. The number of nitrogens with zero attached hydrogens (tertiary/aromatic N) is 3. The van der Waals surface area contributed by atoms with Crippen LogP contribution in [-0.2, 0) is 10.1 Å². The van der Waals surface area contributed by atoms with Crippen molar-refractivity contribution in [3.05, 3.63) is 72.9 Å². The summed E-state index contributed by atoms with van der Waals surface area (Å²) in [6.07, 6.45) is 1.65. The molecule has 0 unspecified atom stereocenters. The van der Waals surface area contributed by atoms with Gasteiger partial charge in [-0.05, 0) is 56.3 Å². The zero-order valence-electron chi connectivity index (χ0n) is 18.0. The van der Waals surface area contributed by atoms with Gasteiger partial charge >= 0.3 is 0 Å². The Balaban J connectivity index is 1.62. The molecule has 0 aliphatic rings. The van der Waals surface area contributed by atoms with Gasteiger partial charge in [0.1, 0.15) is 22.0 Å². The summed E-state index contributed by atoms with van der Waals surface area (Å²) in [7, 11) is -4.48. The van der Waals surface area contributed by atoms with Crippen molar-refractivity contribution in [1.82, 2.24) is 4.98 Å². The molecule has 0 saturated heterocycles. The van der Waals surface area contributed by atoms with Crippen LogP contribution >= 0.6 is 0 Å². The lowest BCUT2D eigenvalue weighted by atomic mass is 10.1. The number of hydrogen-bond acceptors (Lipinski definition) is 7. The average Bonchev–Trinajstić information content (AvgIpc) is 2.78. The zero-order valence-corrected chi connectivity index (χ0v) is 18.8. The molecule has 0 aliphatic carbocycles. The van der Waals surface area contributed by atoms with E-state index in [0.29, 0.717) is 16.5 Å². The Bertz CT molecular complexity index is 1430. The Morgan fingerprint density at radius 1 is 0.970 bits per heavy atom. The summed E-state index contributed by atoms with van der Waals surface area (Å²) in [4.78, 5) is 4.14. The van der Waals surface area contributed by atoms with Gasteiger partial charge in [0.2, 0.25) is 0 Å². The van der Waals surface area contributed by atoms with E-state index in [2.05, 4.69) is 15.2 Å². The molecular weight excluding hydrogens is 440 g/mol. The van der Waals surface area contributed by atoms with Gasteiger partial charge in [0, 0.05) is 16.3 Å². The number of anilines is 1. The normalized spacial score (nSPS) is 12.0. The van der Waals surface area contributed by atoms with E-state index in [-0.39, 0.29) is 22.4 Å². The average molecular weight is 463 g/mol. The highest BCUT2D eigenvalue weighted by Crippen LogP contribution is 2.36. The van der Waals surface area contributed by atoms with E-state index < -0.39 is 10.1 Å². The van der Waals surface area contributed by atoms with Crippen molar-refractivity contribution >= 4 is 38.0 Å². The fourth-order valence-corrected chi connectivity index (χ4v) is 4.07. The molecule has 1 heterocycles. The Labute approximate surface area is 191 Å². The summed E-state index contributed by atoms with van der Waals surface area (Å²) in [5, 5.41) is 9.02. The van der Waals surface area contributed by atoms with E-state index in [4.69, 9.17) is 10.5 Å². The van der Waals surface area contributed by atoms with Gasteiger partial charge < -0.3 is 10.5 Å². The van der Waals surface area contributed by atoms with Crippen molar-refractivity contribution in [2.45, 2.75) is 24.8 Å². The molecule has 0 fully saturated rings. The van der Waals surface area contributed by atoms with Gasteiger partial charge in [-0.15, -0.1) is 10.2 Å². The Morgan fingerprint density at radius 3 is 2.27 bits per heavy atom. The number of nitrogens with two attached hydrogens (primary N) is 1. The van der Waals surface area contributed by atoms with E-state index in [1.807, 2.05) is 38.1 Å². The molecule has 9 heteroatoms. The topological polar surface area (TPSA) is 127 Å². The number of pyridine rings is 1. The summed E-state index contributed by atoms with van der Waals surface area (Å²) < 4.78 is 39.0. The van der Waals surface area contributed by atoms with Gasteiger partial charge in [0.25, 0.3) is 10.1 Å². The summed E-state index contributed by atoms with van der Waals surface area (Å²) >= 11 is 0. The minimum atomic E-state index is -4.48. The predicted molar refractivity (Wildman–Crippen MR) is 128 cm³/mol. The highest BCUT2D eigenvalue weighted by Gasteiger charge is 2.18. The Hall–Kier alpha value is -3.82. The summed E-state index contributed by atoms with van der Waals surface area (Å²) in [5.41, 5.74) is 8.71. The van der Waals surface area contributed by atoms with E-state index in [1.54, 1.807) is 42.6 Å². The van der Waals surface area contributed by atoms with E-state index in [9.17, 15) is 13.0 Å². The highest BCUT2D eigenvalue weighted by atomic mass is 32.2. The first kappa shape index (κ1) is 22.4. The standard InChI is InChI=1S/C24H22N4O4S/c1-15(2)32-18-10-7-16(8-11-18)21-12-9-17(14-26-21)27-28-22-13-23(33(29,30)31)19-5-3-4-6-20(19)24(22)25/h3-15H,25H2,1-2H3,(H,29,30,31). The number of fused-ring (bicyclic) bond motifs is 1. The molecule has 4 aromatic rings. The number of rotatable bonds is 6. The molecule has 0 radical (unpaired) electrons. The summed E-state index contributed by atoms with van der Waals surface area (Å²) in [6, 6.07) is 19.0. The van der Waals surface area contributed by atoms with Crippen LogP contribution in [0.3, 0.4) is 0 Å². The number of aromatic nitrogens is 1. The number of ether oxygens (including phenoxy) is 1. The van der Waals surface area contributed by atoms with Gasteiger partial charge in [0.15, 0.2) is 0 Å². The second-order valence-corrected chi connectivity index (χ2v) is 9.01. The molecule has 0 saturated carbocycles. The van der Waals surface area contributed by atoms with Crippen molar-refractivity contribution in [1.29, 1.82) is 0 Å². The largest absolute Gasteiger partial charge is 0.491 e. The molecular formula is C24H22N4O4S. The maximum Gasteiger partial charge on any atom is 0.295 e. The maximum absolute atomic E-state index is 11.9. The number of nitrogen functional groups attached to an aromatic ring is 1. The molecule has 0 atom stereocenters. The number of azo groups is 1. The van der Waals surface area contributed by atoms with Gasteiger partial charge in [-0.2, -0.15) is 8.42 Å². The zero-order chi connectivity index (χ0) is 23.6. The third-order valence-electron chi connectivity index (χ3n) is 4.85. The van der Waals surface area contributed by atoms with Crippen LogP contribution in [-0.4, -0.2) is 24.1 Å². The molecule has 33 heavy (non-hydrogen) atoms. The first-order valence-corrected chi connectivity index (χ1v) is 11.6. The second kappa shape index (κ2) is 8.97. The Morgan fingerprint density at radius 2 is 1.67 bits per heavy atom. The molecule has 0 bridgehead atoms. The molecule has 0 spiro atoms. The monoisotopic (exact) mass is 462 g/mol. The van der Waals surface area contributed by atoms with Crippen LogP contribution in [0.2, 0.25) is 0 Å². The SMILES string of the molecule is CC(C)Oc1ccc(-c2ccc(N=Nc3cc(S(=O)(=O)O)c4ccccc4c3N)cn2)cc1. The van der Waals surface area contributed by atoms with Crippen LogP contribution in [0.5, 0.6) is 5.75 Å². The molecule has 0 amide bonds. The predicted octanol–water partition coefficient (Wildman–Crippen LogP) is 5.93. The van der Waals surface area contributed by atoms with Gasteiger partial charge in [0.05, 0.1) is 23.7 Å². The highest BCUT2D eigenvalue weighted by molar-refractivity contribution is 7.86. The number of hydrogen-bond donors (Lipinski definition) is 2. The van der Waals surface area contributed by atoms with Crippen molar-refractivity contribution in [3.8, 4) is 17.0 Å². The van der Waals surface area contributed by atoms with E-state index >= 15 is 0 Å². The molecule has 8 nitrogen and oxygen atoms in total.